The number of esters is 1. The SMILES string of the molecule is CCCCCCCCCCCCCCCC(=O)O[C@@]1(CO)O[C@H](O[C@H]2[C@H](O)[C@@H](O)[C@H](O)O[C@@H]2CO)[C@H](O)[C@H](O)[C@H]1O. The molecule has 2 saturated heterocycles. The smallest absolute Gasteiger partial charge is 0.308 e. The van der Waals surface area contributed by atoms with E-state index in [1.165, 1.54) is 51.4 Å². The lowest BCUT2D eigenvalue weighted by atomic mass is 9.95. The van der Waals surface area contributed by atoms with E-state index in [2.05, 4.69) is 6.92 Å². The third kappa shape index (κ3) is 10.6. The average Bonchev–Trinajstić information content (AvgIpc) is 2.96. The number of aliphatic hydroxyl groups is 8. The second-order valence-electron chi connectivity index (χ2n) is 11.2. The van der Waals surface area contributed by atoms with E-state index in [0.717, 1.165) is 25.7 Å². The molecule has 0 spiro atoms. The zero-order valence-corrected chi connectivity index (χ0v) is 24.1. The Balaban J connectivity index is 1.80. The summed E-state index contributed by atoms with van der Waals surface area (Å²) in [6.45, 7) is 0.348. The largest absolute Gasteiger partial charge is 0.427 e. The van der Waals surface area contributed by atoms with Gasteiger partial charge in [0.05, 0.1) is 6.61 Å². The Morgan fingerprint density at radius 1 is 0.732 bits per heavy atom. The lowest BCUT2D eigenvalue weighted by Crippen LogP contribution is -2.69. The molecule has 13 nitrogen and oxygen atoms in total. The van der Waals surface area contributed by atoms with E-state index in [1.54, 1.807) is 0 Å². The quantitative estimate of drug-likeness (QED) is 0.0726. The Bertz CT molecular complexity index is 725. The zero-order valence-electron chi connectivity index (χ0n) is 24.1. The van der Waals surface area contributed by atoms with Gasteiger partial charge in [-0.3, -0.25) is 4.79 Å². The van der Waals surface area contributed by atoms with Crippen molar-refractivity contribution in [1.29, 1.82) is 0 Å². The minimum absolute atomic E-state index is 0.0361. The van der Waals surface area contributed by atoms with E-state index in [9.17, 15) is 45.6 Å². The van der Waals surface area contributed by atoms with Crippen molar-refractivity contribution in [3.63, 3.8) is 0 Å². The lowest BCUT2D eigenvalue weighted by Gasteiger charge is -2.48. The summed E-state index contributed by atoms with van der Waals surface area (Å²) in [4.78, 5) is 12.6. The van der Waals surface area contributed by atoms with Crippen LogP contribution >= 0.6 is 0 Å². The standard InChI is InChI=1S/C28H52O13/c1-2-3-4-5-6-7-8-9-10-11-12-13-14-15-19(31)40-28(17-30)25(36)21(33)23(35)27(41-28)39-24-18(16-29)38-26(37)22(34)20(24)32/h18,20-27,29-30,32-37H,2-17H2,1H3/t18-,20-,21+,22-,23-,24-,25-,26-,27+,28+/m1/s1. The highest BCUT2D eigenvalue weighted by atomic mass is 16.8. The second kappa shape index (κ2) is 18.6. The van der Waals surface area contributed by atoms with E-state index in [1.807, 2.05) is 0 Å². The number of hydrogen-bond donors (Lipinski definition) is 8. The highest BCUT2D eigenvalue weighted by Gasteiger charge is 2.58. The monoisotopic (exact) mass is 596 g/mol. The number of carbonyl (C=O) groups excluding carboxylic acids is 1. The second-order valence-corrected chi connectivity index (χ2v) is 11.2. The Hall–Kier alpha value is -0.970. The third-order valence-corrected chi connectivity index (χ3v) is 7.84. The van der Waals surface area contributed by atoms with Gasteiger partial charge in [0.1, 0.15) is 43.2 Å². The van der Waals surface area contributed by atoms with Crippen molar-refractivity contribution in [1.82, 2.24) is 0 Å². The molecule has 0 radical (unpaired) electrons. The van der Waals surface area contributed by atoms with Gasteiger partial charge in [0.15, 0.2) is 18.7 Å². The van der Waals surface area contributed by atoms with Crippen molar-refractivity contribution in [3.8, 4) is 0 Å². The van der Waals surface area contributed by atoms with Crippen LogP contribution in [0.4, 0.5) is 0 Å². The molecule has 0 aromatic heterocycles. The topological polar surface area (TPSA) is 216 Å². The predicted octanol–water partition coefficient (Wildman–Crippen LogP) is -0.0450. The first-order valence-corrected chi connectivity index (χ1v) is 15.1. The van der Waals surface area contributed by atoms with Gasteiger partial charge < -0.3 is 59.8 Å². The highest BCUT2D eigenvalue weighted by molar-refractivity contribution is 5.69. The Labute approximate surface area is 242 Å². The summed E-state index contributed by atoms with van der Waals surface area (Å²) in [5, 5.41) is 80.8. The van der Waals surface area contributed by atoms with E-state index in [4.69, 9.17) is 18.9 Å². The van der Waals surface area contributed by atoms with Crippen LogP contribution in [0.15, 0.2) is 0 Å². The number of hydrogen-bond acceptors (Lipinski definition) is 13. The molecule has 2 aliphatic heterocycles. The zero-order chi connectivity index (χ0) is 30.4. The number of carbonyl (C=O) groups is 1. The van der Waals surface area contributed by atoms with Gasteiger partial charge in [-0.05, 0) is 6.42 Å². The van der Waals surface area contributed by atoms with E-state index >= 15 is 0 Å². The lowest BCUT2D eigenvalue weighted by molar-refractivity contribution is -0.416. The summed E-state index contributed by atoms with van der Waals surface area (Å²) in [6.07, 6.45) is -1.68. The van der Waals surface area contributed by atoms with Crippen molar-refractivity contribution < 1.29 is 64.6 Å². The summed E-state index contributed by atoms with van der Waals surface area (Å²) < 4.78 is 21.2. The Kier molecular flexibility index (Phi) is 16.5. The summed E-state index contributed by atoms with van der Waals surface area (Å²) in [6, 6.07) is 0. The molecule has 0 bridgehead atoms. The van der Waals surface area contributed by atoms with E-state index in [-0.39, 0.29) is 6.42 Å². The van der Waals surface area contributed by atoms with Crippen molar-refractivity contribution in [2.24, 2.45) is 0 Å². The predicted molar refractivity (Wildman–Crippen MR) is 144 cm³/mol. The van der Waals surface area contributed by atoms with Gasteiger partial charge in [0.25, 0.3) is 5.79 Å². The number of aliphatic hydroxyl groups excluding tert-OH is 8. The van der Waals surface area contributed by atoms with Crippen LogP contribution in [0.25, 0.3) is 0 Å². The first kappa shape index (κ1) is 36.2. The first-order valence-electron chi connectivity index (χ1n) is 15.1. The molecule has 13 heteroatoms. The summed E-state index contributed by atoms with van der Waals surface area (Å²) in [5.74, 6) is -3.30. The normalized spacial score (nSPS) is 35.9. The van der Waals surface area contributed by atoms with Crippen LogP contribution in [-0.2, 0) is 23.7 Å². The fourth-order valence-corrected chi connectivity index (χ4v) is 5.22. The van der Waals surface area contributed by atoms with Crippen molar-refractivity contribution in [3.05, 3.63) is 0 Å². The van der Waals surface area contributed by atoms with Crippen molar-refractivity contribution >= 4 is 5.97 Å². The van der Waals surface area contributed by atoms with Gasteiger partial charge in [-0.25, -0.2) is 0 Å². The van der Waals surface area contributed by atoms with E-state index in [0.29, 0.717) is 6.42 Å². The van der Waals surface area contributed by atoms with Gasteiger partial charge in [0.2, 0.25) is 0 Å². The Morgan fingerprint density at radius 3 is 1.78 bits per heavy atom. The highest BCUT2D eigenvalue weighted by Crippen LogP contribution is 2.34. The number of rotatable bonds is 19. The maximum absolute atomic E-state index is 12.6. The molecule has 0 aromatic carbocycles. The van der Waals surface area contributed by atoms with Crippen LogP contribution in [-0.4, -0.2) is 121 Å². The fourth-order valence-electron chi connectivity index (χ4n) is 5.22. The maximum atomic E-state index is 12.6. The number of ether oxygens (including phenoxy) is 4. The maximum Gasteiger partial charge on any atom is 0.308 e. The molecule has 2 fully saturated rings. The molecule has 0 aromatic rings. The summed E-state index contributed by atoms with van der Waals surface area (Å²) >= 11 is 0. The van der Waals surface area contributed by atoms with Gasteiger partial charge in [-0.2, -0.15) is 0 Å². The Morgan fingerprint density at radius 2 is 1.27 bits per heavy atom. The molecule has 0 unspecified atom stereocenters. The molecular weight excluding hydrogens is 544 g/mol. The van der Waals surface area contributed by atoms with E-state index < -0.39 is 80.3 Å². The van der Waals surface area contributed by atoms with Crippen LogP contribution < -0.4 is 0 Å². The molecular formula is C28H52O13. The molecule has 242 valence electrons. The minimum Gasteiger partial charge on any atom is -0.427 e. The molecule has 0 aliphatic carbocycles. The third-order valence-electron chi connectivity index (χ3n) is 7.84. The van der Waals surface area contributed by atoms with Crippen molar-refractivity contribution in [2.75, 3.05) is 13.2 Å². The molecule has 8 N–H and O–H groups in total. The molecule has 10 atom stereocenters. The number of unbranched alkanes of at least 4 members (excludes halogenated alkanes) is 12. The molecule has 0 saturated carbocycles. The van der Waals surface area contributed by atoms with Gasteiger partial charge in [0, 0.05) is 6.42 Å². The first-order chi connectivity index (χ1) is 19.6. The van der Waals surface area contributed by atoms with Crippen LogP contribution in [0.3, 0.4) is 0 Å². The summed E-state index contributed by atoms with van der Waals surface area (Å²) in [5.41, 5.74) is 0. The molecule has 41 heavy (non-hydrogen) atoms. The van der Waals surface area contributed by atoms with Crippen LogP contribution in [0.5, 0.6) is 0 Å². The fraction of sp³-hybridized carbons (Fsp3) is 0.964. The molecule has 0 amide bonds. The van der Waals surface area contributed by atoms with Crippen LogP contribution in [0, 0.1) is 0 Å². The minimum atomic E-state index is -2.50. The molecule has 2 rings (SSSR count). The van der Waals surface area contributed by atoms with Crippen molar-refractivity contribution in [2.45, 2.75) is 158 Å². The molecule has 2 aliphatic rings. The van der Waals surface area contributed by atoms with Gasteiger partial charge in [-0.1, -0.05) is 84.0 Å². The molecule has 2 heterocycles. The summed E-state index contributed by atoms with van der Waals surface area (Å²) in [7, 11) is 0. The van der Waals surface area contributed by atoms with Gasteiger partial charge in [-0.15, -0.1) is 0 Å². The van der Waals surface area contributed by atoms with Crippen LogP contribution in [0.1, 0.15) is 96.8 Å². The average molecular weight is 597 g/mol. The van der Waals surface area contributed by atoms with Gasteiger partial charge >= 0.3 is 5.97 Å². The van der Waals surface area contributed by atoms with Crippen LogP contribution in [0.2, 0.25) is 0 Å².